The van der Waals surface area contributed by atoms with E-state index in [4.69, 9.17) is 0 Å². The van der Waals surface area contributed by atoms with Gasteiger partial charge < -0.3 is 10.2 Å². The molecule has 0 aliphatic carbocycles. The lowest BCUT2D eigenvalue weighted by Crippen LogP contribution is -2.50. The number of fused-ring (bicyclic) bond motifs is 1. The molecule has 128 valence electrons. The monoisotopic (exact) mass is 359 g/mol. The average molecular weight is 360 g/mol. The topological polar surface area (TPSA) is 69.7 Å². The van der Waals surface area contributed by atoms with E-state index in [1.807, 2.05) is 18.2 Å². The average Bonchev–Trinajstić information content (AvgIpc) is 2.53. The van der Waals surface area contributed by atoms with Gasteiger partial charge in [-0.3, -0.25) is 4.79 Å². The van der Waals surface area contributed by atoms with E-state index in [-0.39, 0.29) is 18.3 Å². The number of halogens is 1. The van der Waals surface area contributed by atoms with Gasteiger partial charge in [0.05, 0.1) is 6.26 Å². The molecule has 0 radical (unpaired) electrons. The maximum Gasteiger partial charge on any atom is 0.254 e. The number of sulfonamides is 1. The van der Waals surface area contributed by atoms with E-state index in [9.17, 15) is 13.2 Å². The molecule has 2 heterocycles. The number of nitrogens with zero attached hydrogens (tertiary/aromatic N) is 2. The summed E-state index contributed by atoms with van der Waals surface area (Å²) >= 11 is 0. The molecule has 23 heavy (non-hydrogen) atoms. The third kappa shape index (κ3) is 3.79. The molecule has 1 saturated heterocycles. The lowest BCUT2D eigenvalue weighted by molar-refractivity contribution is 0.0697. The maximum absolute atomic E-state index is 12.8. The normalized spacial score (nSPS) is 18.6. The Morgan fingerprint density at radius 1 is 1.17 bits per heavy atom. The molecule has 1 aromatic rings. The summed E-state index contributed by atoms with van der Waals surface area (Å²) in [6, 6.07) is 5.78. The number of carbonyl (C=O) groups is 1. The van der Waals surface area contributed by atoms with Gasteiger partial charge >= 0.3 is 0 Å². The Morgan fingerprint density at radius 2 is 1.87 bits per heavy atom. The second kappa shape index (κ2) is 7.07. The SMILES string of the molecule is CS(=O)(=O)N1CCN(C(=O)c2cccc3c2CCCN3)CC1.Cl. The fourth-order valence-corrected chi connectivity index (χ4v) is 3.93. The number of carbonyl (C=O) groups excluding carboxylic acids is 1. The summed E-state index contributed by atoms with van der Waals surface area (Å²) in [5.41, 5.74) is 2.88. The zero-order chi connectivity index (χ0) is 15.7. The number of piperazine rings is 1. The van der Waals surface area contributed by atoms with Crippen LogP contribution >= 0.6 is 12.4 Å². The van der Waals surface area contributed by atoms with Crippen molar-refractivity contribution in [2.45, 2.75) is 12.8 Å². The number of rotatable bonds is 2. The highest BCUT2D eigenvalue weighted by atomic mass is 35.5. The molecule has 0 atom stereocenters. The molecular formula is C15H22ClN3O3S. The first kappa shape index (κ1) is 18.0. The molecule has 0 spiro atoms. The summed E-state index contributed by atoms with van der Waals surface area (Å²) in [6.07, 6.45) is 3.15. The number of benzene rings is 1. The van der Waals surface area contributed by atoms with E-state index in [0.29, 0.717) is 26.2 Å². The van der Waals surface area contributed by atoms with Crippen molar-refractivity contribution in [1.29, 1.82) is 0 Å². The van der Waals surface area contributed by atoms with Crippen LogP contribution in [0.15, 0.2) is 18.2 Å². The predicted octanol–water partition coefficient (Wildman–Crippen LogP) is 1.18. The van der Waals surface area contributed by atoms with Gasteiger partial charge in [-0.05, 0) is 30.5 Å². The van der Waals surface area contributed by atoms with Crippen molar-refractivity contribution >= 4 is 34.0 Å². The number of anilines is 1. The first-order chi connectivity index (χ1) is 10.5. The summed E-state index contributed by atoms with van der Waals surface area (Å²) in [4.78, 5) is 14.5. The van der Waals surface area contributed by atoms with Gasteiger partial charge in [-0.25, -0.2) is 8.42 Å². The van der Waals surface area contributed by atoms with Crippen LogP contribution in [0, 0.1) is 0 Å². The summed E-state index contributed by atoms with van der Waals surface area (Å²) < 4.78 is 24.5. The molecule has 8 heteroatoms. The van der Waals surface area contributed by atoms with Gasteiger partial charge in [0.25, 0.3) is 5.91 Å². The summed E-state index contributed by atoms with van der Waals surface area (Å²) in [5, 5.41) is 3.33. The molecule has 2 aliphatic heterocycles. The molecule has 3 rings (SSSR count). The molecule has 0 aromatic heterocycles. The maximum atomic E-state index is 12.8. The predicted molar refractivity (Wildman–Crippen MR) is 92.8 cm³/mol. The van der Waals surface area contributed by atoms with Crippen molar-refractivity contribution in [1.82, 2.24) is 9.21 Å². The van der Waals surface area contributed by atoms with Crippen LogP contribution in [0.4, 0.5) is 5.69 Å². The number of nitrogens with one attached hydrogen (secondary N) is 1. The minimum Gasteiger partial charge on any atom is -0.385 e. The highest BCUT2D eigenvalue weighted by Crippen LogP contribution is 2.26. The van der Waals surface area contributed by atoms with Gasteiger partial charge in [0, 0.05) is 44.0 Å². The van der Waals surface area contributed by atoms with E-state index in [1.165, 1.54) is 10.6 Å². The van der Waals surface area contributed by atoms with E-state index in [0.717, 1.165) is 36.2 Å². The van der Waals surface area contributed by atoms with Crippen LogP contribution < -0.4 is 5.32 Å². The summed E-state index contributed by atoms with van der Waals surface area (Å²) in [6.45, 7) is 2.58. The first-order valence-electron chi connectivity index (χ1n) is 7.57. The van der Waals surface area contributed by atoms with Crippen molar-refractivity contribution in [2.24, 2.45) is 0 Å². The van der Waals surface area contributed by atoms with Crippen molar-refractivity contribution < 1.29 is 13.2 Å². The fraction of sp³-hybridized carbons (Fsp3) is 0.533. The van der Waals surface area contributed by atoms with Gasteiger partial charge in [0.2, 0.25) is 10.0 Å². The van der Waals surface area contributed by atoms with Gasteiger partial charge in [-0.15, -0.1) is 12.4 Å². The smallest absolute Gasteiger partial charge is 0.254 e. The molecule has 0 saturated carbocycles. The van der Waals surface area contributed by atoms with E-state index >= 15 is 0 Å². The highest BCUT2D eigenvalue weighted by Gasteiger charge is 2.28. The first-order valence-corrected chi connectivity index (χ1v) is 9.42. The minimum absolute atomic E-state index is 0. The second-order valence-electron chi connectivity index (χ2n) is 5.82. The second-order valence-corrected chi connectivity index (χ2v) is 7.80. The van der Waals surface area contributed by atoms with Crippen LogP contribution in [0.2, 0.25) is 0 Å². The molecule has 0 unspecified atom stereocenters. The highest BCUT2D eigenvalue weighted by molar-refractivity contribution is 7.88. The Bertz CT molecular complexity index is 685. The minimum atomic E-state index is -3.17. The molecule has 1 fully saturated rings. The van der Waals surface area contributed by atoms with Crippen LogP contribution in [0.25, 0.3) is 0 Å². The molecule has 1 amide bonds. The molecule has 0 bridgehead atoms. The van der Waals surface area contributed by atoms with Crippen LogP contribution in [-0.2, 0) is 16.4 Å². The van der Waals surface area contributed by atoms with Crippen LogP contribution in [0.3, 0.4) is 0 Å². The molecule has 6 nitrogen and oxygen atoms in total. The van der Waals surface area contributed by atoms with E-state index in [1.54, 1.807) is 4.90 Å². The lowest BCUT2D eigenvalue weighted by atomic mass is 9.96. The molecular weight excluding hydrogens is 338 g/mol. The Hall–Kier alpha value is -1.31. The van der Waals surface area contributed by atoms with Gasteiger partial charge in [0.15, 0.2) is 0 Å². The standard InChI is InChI=1S/C15H21N3O3S.ClH/c1-22(20,21)18-10-8-17(9-11-18)15(19)13-4-2-6-14-12(13)5-3-7-16-14;/h2,4,6,16H,3,5,7-11H2,1H3;1H. The summed E-state index contributed by atoms with van der Waals surface area (Å²) in [7, 11) is -3.17. The largest absolute Gasteiger partial charge is 0.385 e. The van der Waals surface area contributed by atoms with Crippen molar-refractivity contribution in [3.63, 3.8) is 0 Å². The van der Waals surface area contributed by atoms with Crippen LogP contribution in [0.5, 0.6) is 0 Å². The van der Waals surface area contributed by atoms with Crippen molar-refractivity contribution in [3.8, 4) is 0 Å². The lowest BCUT2D eigenvalue weighted by Gasteiger charge is -2.34. The quantitative estimate of drug-likeness (QED) is 0.861. The number of hydrogen-bond donors (Lipinski definition) is 1. The van der Waals surface area contributed by atoms with E-state index in [2.05, 4.69) is 5.32 Å². The zero-order valence-corrected chi connectivity index (χ0v) is 14.8. The zero-order valence-electron chi connectivity index (χ0n) is 13.1. The van der Waals surface area contributed by atoms with E-state index < -0.39 is 10.0 Å². The Labute approximate surface area is 143 Å². The number of hydrogen-bond acceptors (Lipinski definition) is 4. The van der Waals surface area contributed by atoms with Crippen molar-refractivity contribution in [2.75, 3.05) is 44.3 Å². The molecule has 2 aliphatic rings. The number of amides is 1. The third-order valence-corrected chi connectivity index (χ3v) is 5.62. The summed E-state index contributed by atoms with van der Waals surface area (Å²) in [5.74, 6) is 0.00806. The third-order valence-electron chi connectivity index (χ3n) is 4.32. The Kier molecular flexibility index (Phi) is 5.54. The fourth-order valence-electron chi connectivity index (χ4n) is 3.10. The Balaban J connectivity index is 0.00000192. The van der Waals surface area contributed by atoms with Crippen molar-refractivity contribution in [3.05, 3.63) is 29.3 Å². The Morgan fingerprint density at radius 3 is 2.52 bits per heavy atom. The van der Waals surface area contributed by atoms with Crippen LogP contribution in [-0.4, -0.2) is 62.5 Å². The van der Waals surface area contributed by atoms with Gasteiger partial charge in [-0.2, -0.15) is 4.31 Å². The van der Waals surface area contributed by atoms with Gasteiger partial charge in [-0.1, -0.05) is 6.07 Å². The molecule has 1 N–H and O–H groups in total. The molecule has 1 aromatic carbocycles. The van der Waals surface area contributed by atoms with Crippen LogP contribution in [0.1, 0.15) is 22.3 Å². The van der Waals surface area contributed by atoms with Gasteiger partial charge in [0.1, 0.15) is 0 Å².